The topological polar surface area (TPSA) is 70.6 Å². The van der Waals surface area contributed by atoms with E-state index >= 15 is 0 Å². The summed E-state index contributed by atoms with van der Waals surface area (Å²) in [4.78, 5) is 3.97. The minimum Gasteiger partial charge on any atom is -0.324 e. The van der Waals surface area contributed by atoms with Crippen molar-refractivity contribution in [2.45, 2.75) is 17.7 Å². The van der Waals surface area contributed by atoms with Crippen LogP contribution in [0.4, 0.5) is 14.5 Å². The number of anilines is 1. The van der Waals surface area contributed by atoms with Gasteiger partial charge in [0.2, 0.25) is 5.96 Å². The van der Waals surface area contributed by atoms with Gasteiger partial charge in [0.15, 0.2) is 0 Å². The van der Waals surface area contributed by atoms with Gasteiger partial charge in [0.05, 0.1) is 10.7 Å². The average molecular weight is 398 g/mol. The van der Waals surface area contributed by atoms with Crippen molar-refractivity contribution in [3.63, 3.8) is 0 Å². The highest BCUT2D eigenvalue weighted by Gasteiger charge is 2.31. The number of hydrogen-bond donors (Lipinski definition) is 2. The maximum absolute atomic E-state index is 14.1. The van der Waals surface area contributed by atoms with Crippen molar-refractivity contribution >= 4 is 33.3 Å². The summed E-state index contributed by atoms with van der Waals surface area (Å²) in [5.74, 6) is -0.934. The molecule has 0 atom stereocenters. The van der Waals surface area contributed by atoms with Gasteiger partial charge < -0.3 is 5.32 Å². The summed E-state index contributed by atoms with van der Waals surface area (Å²) in [5, 5.41) is 2.68. The Bertz CT molecular complexity index is 1040. The Hall–Kier alpha value is -2.19. The second-order valence-electron chi connectivity index (χ2n) is 6.29. The van der Waals surface area contributed by atoms with Gasteiger partial charge in [-0.25, -0.2) is 21.9 Å². The summed E-state index contributed by atoms with van der Waals surface area (Å²) >= 11 is 6.02. The van der Waals surface area contributed by atoms with Crippen molar-refractivity contribution in [2.75, 3.05) is 11.9 Å². The van der Waals surface area contributed by atoms with Crippen molar-refractivity contribution in [3.05, 3.63) is 47.0 Å². The van der Waals surface area contributed by atoms with Gasteiger partial charge in [-0.15, -0.1) is 0 Å². The molecule has 26 heavy (non-hydrogen) atoms. The highest BCUT2D eigenvalue weighted by atomic mass is 35.5. The number of rotatable bonds is 3. The van der Waals surface area contributed by atoms with Crippen LogP contribution in [0.2, 0.25) is 5.02 Å². The van der Waals surface area contributed by atoms with E-state index in [0.29, 0.717) is 12.5 Å². The number of nitrogens with zero attached hydrogens (tertiary/aromatic N) is 1. The first-order chi connectivity index (χ1) is 12.3. The van der Waals surface area contributed by atoms with E-state index in [1.165, 1.54) is 18.2 Å². The van der Waals surface area contributed by atoms with Crippen LogP contribution in [0.5, 0.6) is 0 Å². The van der Waals surface area contributed by atoms with Gasteiger partial charge in [0.1, 0.15) is 16.5 Å². The molecule has 5 nitrogen and oxygen atoms in total. The Labute approximate surface area is 154 Å². The molecule has 2 aromatic carbocycles. The third-order valence-corrected chi connectivity index (χ3v) is 6.02. The molecule has 1 saturated carbocycles. The first-order valence-electron chi connectivity index (χ1n) is 7.97. The third-order valence-electron chi connectivity index (χ3n) is 4.28. The van der Waals surface area contributed by atoms with Crippen molar-refractivity contribution < 1.29 is 17.2 Å². The van der Waals surface area contributed by atoms with Gasteiger partial charge in [0.25, 0.3) is 10.0 Å². The maximum atomic E-state index is 14.1. The van der Waals surface area contributed by atoms with E-state index in [1.54, 1.807) is 0 Å². The van der Waals surface area contributed by atoms with Crippen LogP contribution < -0.4 is 10.0 Å². The summed E-state index contributed by atoms with van der Waals surface area (Å²) in [6.07, 6.45) is 2.13. The number of aliphatic imine (C=N–C) groups is 1. The van der Waals surface area contributed by atoms with Gasteiger partial charge >= 0.3 is 0 Å². The van der Waals surface area contributed by atoms with Crippen LogP contribution >= 0.6 is 11.6 Å². The van der Waals surface area contributed by atoms with Crippen molar-refractivity contribution in [1.29, 1.82) is 0 Å². The number of sulfonamides is 1. The summed E-state index contributed by atoms with van der Waals surface area (Å²) in [6.45, 7) is 0.497. The molecule has 2 N–H and O–H groups in total. The van der Waals surface area contributed by atoms with Gasteiger partial charge in [-0.2, -0.15) is 0 Å². The molecule has 2 aromatic rings. The minimum atomic E-state index is -4.01. The highest BCUT2D eigenvalue weighted by molar-refractivity contribution is 7.90. The van der Waals surface area contributed by atoms with Crippen LogP contribution in [0.15, 0.2) is 40.2 Å². The molecule has 0 saturated heterocycles. The first kappa shape index (κ1) is 17.2. The quantitative estimate of drug-likeness (QED) is 0.828. The molecular weight excluding hydrogens is 384 g/mol. The van der Waals surface area contributed by atoms with E-state index in [1.807, 2.05) is 0 Å². The monoisotopic (exact) mass is 397 g/mol. The Morgan fingerprint density at radius 1 is 1.19 bits per heavy atom. The van der Waals surface area contributed by atoms with Gasteiger partial charge in [0, 0.05) is 17.7 Å². The zero-order chi connectivity index (χ0) is 18.5. The minimum absolute atomic E-state index is 0.0600. The molecule has 2 aliphatic rings. The van der Waals surface area contributed by atoms with E-state index in [9.17, 15) is 17.2 Å². The van der Waals surface area contributed by atoms with Crippen LogP contribution in [0.3, 0.4) is 0 Å². The molecule has 9 heteroatoms. The van der Waals surface area contributed by atoms with Gasteiger partial charge in [-0.1, -0.05) is 23.7 Å². The summed E-state index contributed by atoms with van der Waals surface area (Å²) in [6, 6.07) is 6.11. The lowest BCUT2D eigenvalue weighted by molar-refractivity contribution is 0.587. The maximum Gasteiger partial charge on any atom is 0.266 e. The van der Waals surface area contributed by atoms with Crippen molar-refractivity contribution in [2.24, 2.45) is 10.9 Å². The standard InChI is InChI=1S/C17H14ClF2N3O2S/c18-15-11(2-1-3-13(15)20)12-6-10(19)7-14-16(12)22-17(23-26(14,24)25)21-8-9-4-5-9/h1-3,6-7,9H,4-5,8H2,(H2,21,22,23). The molecule has 1 heterocycles. The number of halogens is 3. The molecule has 1 fully saturated rings. The van der Waals surface area contributed by atoms with Crippen LogP contribution in [0.25, 0.3) is 11.1 Å². The predicted molar refractivity (Wildman–Crippen MR) is 95.8 cm³/mol. The Balaban J connectivity index is 1.89. The fourth-order valence-corrected chi connectivity index (χ4v) is 4.17. The number of hydrogen-bond acceptors (Lipinski definition) is 3. The van der Waals surface area contributed by atoms with Gasteiger partial charge in [-0.05, 0) is 37.0 Å². The molecule has 4 rings (SSSR count). The Morgan fingerprint density at radius 2 is 1.96 bits per heavy atom. The van der Waals surface area contributed by atoms with E-state index < -0.39 is 21.7 Å². The molecule has 0 unspecified atom stereocenters. The van der Waals surface area contributed by atoms with E-state index in [0.717, 1.165) is 25.0 Å². The Morgan fingerprint density at radius 3 is 2.69 bits per heavy atom. The normalized spacial score (nSPS) is 19.6. The van der Waals surface area contributed by atoms with Crippen LogP contribution in [0, 0.1) is 17.6 Å². The molecule has 1 aliphatic heterocycles. The highest BCUT2D eigenvalue weighted by Crippen LogP contribution is 2.40. The lowest BCUT2D eigenvalue weighted by Crippen LogP contribution is -2.41. The summed E-state index contributed by atoms with van der Waals surface area (Å²) < 4.78 is 55.3. The van der Waals surface area contributed by atoms with Gasteiger partial charge in [-0.3, -0.25) is 4.99 Å². The largest absolute Gasteiger partial charge is 0.324 e. The van der Waals surface area contributed by atoms with E-state index in [2.05, 4.69) is 15.0 Å². The molecule has 136 valence electrons. The van der Waals surface area contributed by atoms with E-state index in [-0.39, 0.29) is 32.7 Å². The van der Waals surface area contributed by atoms with Crippen LogP contribution in [-0.4, -0.2) is 20.9 Å². The average Bonchev–Trinajstić information content (AvgIpc) is 3.40. The smallest absolute Gasteiger partial charge is 0.266 e. The Kier molecular flexibility index (Phi) is 4.11. The molecule has 1 aliphatic carbocycles. The fraction of sp³-hybridized carbons (Fsp3) is 0.235. The zero-order valence-electron chi connectivity index (χ0n) is 13.4. The second-order valence-corrected chi connectivity index (χ2v) is 8.32. The molecular formula is C17H14ClF2N3O2S. The molecule has 0 radical (unpaired) electrons. The number of guanidine groups is 1. The molecule has 0 aromatic heterocycles. The summed E-state index contributed by atoms with van der Waals surface area (Å²) in [7, 11) is -4.01. The lowest BCUT2D eigenvalue weighted by Gasteiger charge is -2.24. The third kappa shape index (κ3) is 3.14. The number of benzene rings is 2. The van der Waals surface area contributed by atoms with Crippen molar-refractivity contribution in [3.8, 4) is 11.1 Å². The molecule has 0 bridgehead atoms. The van der Waals surface area contributed by atoms with Crippen LogP contribution in [0.1, 0.15) is 12.8 Å². The number of fused-ring (bicyclic) bond motifs is 1. The zero-order valence-corrected chi connectivity index (χ0v) is 15.0. The second kappa shape index (κ2) is 6.21. The first-order valence-corrected chi connectivity index (χ1v) is 9.83. The molecule has 0 spiro atoms. The molecule has 0 amide bonds. The van der Waals surface area contributed by atoms with Crippen LogP contribution in [-0.2, 0) is 10.0 Å². The fourth-order valence-electron chi connectivity index (χ4n) is 2.77. The lowest BCUT2D eigenvalue weighted by atomic mass is 10.0. The summed E-state index contributed by atoms with van der Waals surface area (Å²) in [5.41, 5.74) is 0.453. The predicted octanol–water partition coefficient (Wildman–Crippen LogP) is 3.76. The SMILES string of the molecule is O=S1(=O)NC(=NCC2CC2)Nc2c(-c3cccc(F)c3Cl)cc(F)cc21. The van der Waals surface area contributed by atoms with Crippen molar-refractivity contribution in [1.82, 2.24) is 4.72 Å². The van der Waals surface area contributed by atoms with E-state index in [4.69, 9.17) is 11.6 Å². The number of nitrogens with one attached hydrogen (secondary N) is 2.